The van der Waals surface area contributed by atoms with Crippen molar-refractivity contribution in [2.24, 2.45) is 5.92 Å². The van der Waals surface area contributed by atoms with Crippen LogP contribution in [0.5, 0.6) is 0 Å². The van der Waals surface area contributed by atoms with Crippen LogP contribution in [-0.2, 0) is 4.79 Å². The Morgan fingerprint density at radius 1 is 1.32 bits per heavy atom. The summed E-state index contributed by atoms with van der Waals surface area (Å²) in [6.45, 7) is 1.55. The van der Waals surface area contributed by atoms with Crippen molar-refractivity contribution in [2.75, 3.05) is 32.1 Å². The lowest BCUT2D eigenvalue weighted by Gasteiger charge is -2.35. The van der Waals surface area contributed by atoms with E-state index < -0.39 is 0 Å². The van der Waals surface area contributed by atoms with Crippen molar-refractivity contribution in [3.63, 3.8) is 0 Å². The average Bonchev–Trinajstić information content (AvgIpc) is 2.53. The molecule has 1 amide bonds. The number of H-pyrrole nitrogens is 1. The van der Waals surface area contributed by atoms with Crippen molar-refractivity contribution in [3.05, 3.63) is 40.7 Å². The quantitative estimate of drug-likeness (QED) is 0.920. The molecule has 1 aliphatic rings. The maximum Gasteiger partial charge on any atom is 0.250 e. The number of piperidine rings is 1. The molecule has 5 nitrogen and oxygen atoms in total. The van der Waals surface area contributed by atoms with Crippen LogP contribution in [0.1, 0.15) is 12.8 Å². The van der Waals surface area contributed by atoms with Gasteiger partial charge in [0.05, 0.1) is 17.1 Å². The number of carbonyl (C=O) groups is 1. The molecule has 0 spiro atoms. The number of aromatic amines is 1. The van der Waals surface area contributed by atoms with Gasteiger partial charge in [-0.1, -0.05) is 18.2 Å². The molecule has 0 radical (unpaired) electrons. The number of fused-ring (bicyclic) bond motifs is 1. The topological polar surface area (TPSA) is 56.4 Å². The number of carbonyl (C=O) groups excluding carboxylic acids is 1. The third-order valence-corrected chi connectivity index (χ3v) is 4.28. The molecular weight excluding hydrogens is 278 g/mol. The van der Waals surface area contributed by atoms with Gasteiger partial charge in [0.2, 0.25) is 11.5 Å². The number of pyridine rings is 1. The first-order valence-corrected chi connectivity index (χ1v) is 7.64. The second kappa shape index (κ2) is 5.83. The molecule has 5 heteroatoms. The Morgan fingerprint density at radius 3 is 2.86 bits per heavy atom. The van der Waals surface area contributed by atoms with E-state index in [2.05, 4.69) is 9.88 Å². The highest BCUT2D eigenvalue weighted by Gasteiger charge is 2.27. The SMILES string of the molecule is CN(C)C(=O)C1CCCN(c2cc(=O)[nH]c3ccccc23)C1. The molecule has 22 heavy (non-hydrogen) atoms. The second-order valence-electron chi connectivity index (χ2n) is 6.08. The summed E-state index contributed by atoms with van der Waals surface area (Å²) >= 11 is 0. The van der Waals surface area contributed by atoms with Gasteiger partial charge in [0.15, 0.2) is 0 Å². The number of para-hydroxylation sites is 1. The number of nitrogens with one attached hydrogen (secondary N) is 1. The monoisotopic (exact) mass is 299 g/mol. The molecule has 1 saturated heterocycles. The Kier molecular flexibility index (Phi) is 3.88. The summed E-state index contributed by atoms with van der Waals surface area (Å²) in [7, 11) is 3.59. The summed E-state index contributed by atoms with van der Waals surface area (Å²) in [5.74, 6) is 0.167. The van der Waals surface area contributed by atoms with Gasteiger partial charge in [-0.05, 0) is 18.9 Å². The van der Waals surface area contributed by atoms with E-state index in [-0.39, 0.29) is 17.4 Å². The number of amides is 1. The zero-order chi connectivity index (χ0) is 15.7. The molecule has 1 aromatic heterocycles. The Morgan fingerprint density at radius 2 is 2.09 bits per heavy atom. The van der Waals surface area contributed by atoms with Crippen LogP contribution in [-0.4, -0.2) is 43.0 Å². The number of rotatable bonds is 2. The van der Waals surface area contributed by atoms with Gasteiger partial charge in [-0.15, -0.1) is 0 Å². The average molecular weight is 299 g/mol. The molecule has 1 aliphatic heterocycles. The molecule has 0 aliphatic carbocycles. The van der Waals surface area contributed by atoms with Gasteiger partial charge >= 0.3 is 0 Å². The lowest BCUT2D eigenvalue weighted by molar-refractivity contribution is -0.133. The maximum absolute atomic E-state index is 12.2. The van der Waals surface area contributed by atoms with E-state index >= 15 is 0 Å². The summed E-state index contributed by atoms with van der Waals surface area (Å²) in [4.78, 5) is 30.8. The molecule has 1 aromatic carbocycles. The van der Waals surface area contributed by atoms with Crippen LogP contribution in [0.15, 0.2) is 35.1 Å². The van der Waals surface area contributed by atoms with Crippen molar-refractivity contribution < 1.29 is 4.79 Å². The lowest BCUT2D eigenvalue weighted by atomic mass is 9.96. The minimum atomic E-state index is -0.102. The Bertz CT molecular complexity index is 751. The van der Waals surface area contributed by atoms with Crippen LogP contribution in [0.25, 0.3) is 10.9 Å². The lowest BCUT2D eigenvalue weighted by Crippen LogP contribution is -2.43. The minimum Gasteiger partial charge on any atom is -0.370 e. The highest BCUT2D eigenvalue weighted by molar-refractivity contribution is 5.91. The summed E-state index contributed by atoms with van der Waals surface area (Å²) in [5, 5.41) is 1.03. The zero-order valence-electron chi connectivity index (χ0n) is 13.0. The summed E-state index contributed by atoms with van der Waals surface area (Å²) in [6.07, 6.45) is 1.88. The van der Waals surface area contributed by atoms with Crippen molar-refractivity contribution in [1.29, 1.82) is 0 Å². The molecule has 0 saturated carbocycles. The third-order valence-electron chi connectivity index (χ3n) is 4.28. The highest BCUT2D eigenvalue weighted by Crippen LogP contribution is 2.28. The fraction of sp³-hybridized carbons (Fsp3) is 0.412. The number of nitrogens with zero attached hydrogens (tertiary/aromatic N) is 2. The summed E-state index contributed by atoms with van der Waals surface area (Å²) in [6, 6.07) is 9.45. The van der Waals surface area contributed by atoms with Crippen molar-refractivity contribution in [3.8, 4) is 0 Å². The molecule has 1 atom stereocenters. The fourth-order valence-electron chi connectivity index (χ4n) is 3.21. The van der Waals surface area contributed by atoms with E-state index in [0.29, 0.717) is 6.54 Å². The third kappa shape index (κ3) is 2.71. The van der Waals surface area contributed by atoms with Gasteiger partial charge in [-0.2, -0.15) is 0 Å². The van der Waals surface area contributed by atoms with E-state index in [1.807, 2.05) is 24.3 Å². The predicted molar refractivity (Wildman–Crippen MR) is 88.2 cm³/mol. The Hall–Kier alpha value is -2.30. The van der Waals surface area contributed by atoms with Gasteiger partial charge in [-0.25, -0.2) is 0 Å². The fourth-order valence-corrected chi connectivity index (χ4v) is 3.21. The number of aromatic nitrogens is 1. The smallest absolute Gasteiger partial charge is 0.250 e. The van der Waals surface area contributed by atoms with E-state index in [1.54, 1.807) is 25.1 Å². The van der Waals surface area contributed by atoms with Crippen LogP contribution in [0, 0.1) is 5.92 Å². The van der Waals surface area contributed by atoms with E-state index in [1.165, 1.54) is 0 Å². The Balaban J connectivity index is 1.97. The van der Waals surface area contributed by atoms with Crippen LogP contribution < -0.4 is 10.5 Å². The molecule has 3 rings (SSSR count). The van der Waals surface area contributed by atoms with Crippen molar-refractivity contribution in [1.82, 2.24) is 9.88 Å². The van der Waals surface area contributed by atoms with Crippen LogP contribution in [0.2, 0.25) is 0 Å². The van der Waals surface area contributed by atoms with Crippen LogP contribution in [0.3, 0.4) is 0 Å². The molecule has 2 heterocycles. The number of anilines is 1. The molecule has 1 unspecified atom stereocenters. The highest BCUT2D eigenvalue weighted by atomic mass is 16.2. The van der Waals surface area contributed by atoms with E-state index in [9.17, 15) is 9.59 Å². The van der Waals surface area contributed by atoms with Crippen LogP contribution >= 0.6 is 0 Å². The predicted octanol–water partition coefficient (Wildman–Crippen LogP) is 1.83. The van der Waals surface area contributed by atoms with Crippen molar-refractivity contribution in [2.45, 2.75) is 12.8 Å². The van der Waals surface area contributed by atoms with Gasteiger partial charge in [0.25, 0.3) is 0 Å². The largest absolute Gasteiger partial charge is 0.370 e. The second-order valence-corrected chi connectivity index (χ2v) is 6.08. The van der Waals surface area contributed by atoms with E-state index in [0.717, 1.165) is 36.0 Å². The number of benzene rings is 1. The molecular formula is C17H21N3O2. The van der Waals surface area contributed by atoms with Crippen LogP contribution in [0.4, 0.5) is 5.69 Å². The first-order valence-electron chi connectivity index (χ1n) is 7.64. The van der Waals surface area contributed by atoms with Gasteiger partial charge < -0.3 is 14.8 Å². The minimum absolute atomic E-state index is 0.00167. The molecule has 1 fully saturated rings. The van der Waals surface area contributed by atoms with Gasteiger partial charge in [0, 0.05) is 38.6 Å². The van der Waals surface area contributed by atoms with Gasteiger partial charge in [-0.3, -0.25) is 9.59 Å². The first-order chi connectivity index (χ1) is 10.6. The molecule has 2 aromatic rings. The standard InChI is InChI=1S/C17H21N3O2/c1-19(2)17(22)12-6-5-9-20(11-12)15-10-16(21)18-14-8-4-3-7-13(14)15/h3-4,7-8,10,12H,5-6,9,11H2,1-2H3,(H,18,21). The first kappa shape index (κ1) is 14.6. The molecule has 1 N–H and O–H groups in total. The summed E-state index contributed by atoms with van der Waals surface area (Å²) in [5.41, 5.74) is 1.66. The molecule has 116 valence electrons. The van der Waals surface area contributed by atoms with Crippen molar-refractivity contribution >= 4 is 22.5 Å². The van der Waals surface area contributed by atoms with E-state index in [4.69, 9.17) is 0 Å². The maximum atomic E-state index is 12.2. The van der Waals surface area contributed by atoms with Gasteiger partial charge in [0.1, 0.15) is 0 Å². The Labute approximate surface area is 129 Å². The summed E-state index contributed by atoms with van der Waals surface area (Å²) < 4.78 is 0. The zero-order valence-corrected chi connectivity index (χ0v) is 13.0. The normalized spacial score (nSPS) is 18.5. The number of hydrogen-bond acceptors (Lipinski definition) is 3. The number of hydrogen-bond donors (Lipinski definition) is 1. The molecule has 0 bridgehead atoms.